The number of hydrogen-bond donors (Lipinski definition) is 2. The Bertz CT molecular complexity index is 1240. The number of fused-ring (bicyclic) bond motifs is 1. The average molecular weight is 442 g/mol. The van der Waals surface area contributed by atoms with Crippen LogP contribution < -0.4 is 5.32 Å². The standard InChI is InChI=1S/C18H17F3N4O4S/c1-3-30(28,29)15-14-5-4-11(18(19,20)21)9-25(14)24-16(15)23-8-13-12(17(26)27)6-10(2)7-22-13/h4-7,9H,3,8H2,1-2H3,(H,23,24)(H,26,27). The Hall–Kier alpha value is -3.15. The molecule has 0 radical (unpaired) electrons. The molecule has 0 aliphatic carbocycles. The van der Waals surface area contributed by atoms with Crippen molar-refractivity contribution in [2.75, 3.05) is 11.1 Å². The lowest BCUT2D eigenvalue weighted by molar-refractivity contribution is -0.137. The summed E-state index contributed by atoms with van der Waals surface area (Å²) in [6.07, 6.45) is -2.48. The Morgan fingerprint density at radius 1 is 1.30 bits per heavy atom. The van der Waals surface area contributed by atoms with Gasteiger partial charge in [-0.25, -0.2) is 17.7 Å². The van der Waals surface area contributed by atoms with Crippen molar-refractivity contribution >= 4 is 27.1 Å². The number of rotatable bonds is 6. The molecule has 3 aromatic heterocycles. The van der Waals surface area contributed by atoms with Crippen LogP contribution in [0.5, 0.6) is 0 Å². The van der Waals surface area contributed by atoms with Crippen LogP contribution in [0.25, 0.3) is 5.52 Å². The number of anilines is 1. The molecule has 8 nitrogen and oxygen atoms in total. The van der Waals surface area contributed by atoms with Gasteiger partial charge in [-0.3, -0.25) is 4.98 Å². The summed E-state index contributed by atoms with van der Waals surface area (Å²) in [5.74, 6) is -1.70. The minimum absolute atomic E-state index is 0.0253. The van der Waals surface area contributed by atoms with Gasteiger partial charge in [0.05, 0.1) is 34.6 Å². The van der Waals surface area contributed by atoms with E-state index in [-0.39, 0.29) is 39.8 Å². The van der Waals surface area contributed by atoms with Gasteiger partial charge in [-0.05, 0) is 30.7 Å². The SMILES string of the molecule is CCS(=O)(=O)c1c(NCc2ncc(C)cc2C(=O)O)nn2cc(C(F)(F)F)ccc12. The van der Waals surface area contributed by atoms with Gasteiger partial charge in [-0.1, -0.05) is 6.92 Å². The third-order valence-corrected chi connectivity index (χ3v) is 6.15. The normalized spacial score (nSPS) is 12.3. The molecule has 3 rings (SSSR count). The van der Waals surface area contributed by atoms with Gasteiger partial charge in [-0.2, -0.15) is 13.2 Å². The number of carbonyl (C=O) groups is 1. The topological polar surface area (TPSA) is 114 Å². The van der Waals surface area contributed by atoms with Crippen molar-refractivity contribution < 1.29 is 31.5 Å². The summed E-state index contributed by atoms with van der Waals surface area (Å²) in [7, 11) is -3.86. The number of aryl methyl sites for hydroxylation is 1. The Balaban J connectivity index is 2.09. The predicted molar refractivity (Wildman–Crippen MR) is 101 cm³/mol. The molecule has 3 aromatic rings. The van der Waals surface area contributed by atoms with Gasteiger partial charge in [0.2, 0.25) is 0 Å². The first-order valence-corrected chi connectivity index (χ1v) is 10.3. The molecule has 0 unspecified atom stereocenters. The maximum Gasteiger partial charge on any atom is 0.417 e. The van der Waals surface area contributed by atoms with Crippen LogP contribution in [-0.2, 0) is 22.6 Å². The molecule has 3 heterocycles. The molecule has 0 saturated carbocycles. The molecule has 0 aromatic carbocycles. The van der Waals surface area contributed by atoms with E-state index in [1.165, 1.54) is 19.2 Å². The highest BCUT2D eigenvalue weighted by Crippen LogP contribution is 2.32. The maximum atomic E-state index is 13.0. The van der Waals surface area contributed by atoms with Crippen molar-refractivity contribution in [2.45, 2.75) is 31.5 Å². The number of carboxylic acid groups (broad SMARTS) is 1. The average Bonchev–Trinajstić information content (AvgIpc) is 3.04. The van der Waals surface area contributed by atoms with Crippen molar-refractivity contribution in [1.82, 2.24) is 14.6 Å². The molecule has 0 saturated heterocycles. The van der Waals surface area contributed by atoms with Crippen LogP contribution in [0.3, 0.4) is 0 Å². The summed E-state index contributed by atoms with van der Waals surface area (Å²) in [6.45, 7) is 2.88. The Labute approximate surface area is 169 Å². The maximum absolute atomic E-state index is 13.0. The monoisotopic (exact) mass is 442 g/mol. The number of nitrogens with zero attached hydrogens (tertiary/aromatic N) is 3. The Kier molecular flexibility index (Phi) is 5.46. The lowest BCUT2D eigenvalue weighted by Crippen LogP contribution is -2.12. The van der Waals surface area contributed by atoms with Gasteiger partial charge in [0.1, 0.15) is 4.90 Å². The van der Waals surface area contributed by atoms with Crippen LogP contribution in [0.2, 0.25) is 0 Å². The first-order valence-electron chi connectivity index (χ1n) is 8.69. The number of pyridine rings is 2. The Morgan fingerprint density at radius 2 is 2.00 bits per heavy atom. The molecule has 2 N–H and O–H groups in total. The number of carboxylic acids is 1. The number of nitrogens with one attached hydrogen (secondary N) is 1. The molecule has 0 aliphatic rings. The fourth-order valence-corrected chi connectivity index (χ4v) is 4.03. The van der Waals surface area contributed by atoms with Gasteiger partial charge in [0, 0.05) is 12.4 Å². The highest BCUT2D eigenvalue weighted by atomic mass is 32.2. The lowest BCUT2D eigenvalue weighted by atomic mass is 10.1. The summed E-state index contributed by atoms with van der Waals surface area (Å²) in [6, 6.07) is 3.23. The largest absolute Gasteiger partial charge is 0.478 e. The molecule has 30 heavy (non-hydrogen) atoms. The molecular weight excluding hydrogens is 425 g/mol. The summed E-state index contributed by atoms with van der Waals surface area (Å²) >= 11 is 0. The number of aromatic nitrogens is 3. The van der Waals surface area contributed by atoms with Gasteiger partial charge < -0.3 is 10.4 Å². The van der Waals surface area contributed by atoms with E-state index in [1.807, 2.05) is 0 Å². The van der Waals surface area contributed by atoms with E-state index in [2.05, 4.69) is 15.4 Å². The number of hydrogen-bond acceptors (Lipinski definition) is 6. The molecular formula is C18H17F3N4O4S. The fraction of sp³-hybridized carbons (Fsp3) is 0.278. The number of halogens is 3. The molecule has 12 heteroatoms. The van der Waals surface area contributed by atoms with E-state index in [4.69, 9.17) is 0 Å². The van der Waals surface area contributed by atoms with Crippen molar-refractivity contribution in [2.24, 2.45) is 0 Å². The molecule has 0 aliphatic heterocycles. The van der Waals surface area contributed by atoms with Crippen LogP contribution in [-0.4, -0.2) is 39.8 Å². The minimum atomic E-state index is -4.63. The van der Waals surface area contributed by atoms with Crippen molar-refractivity contribution in [3.8, 4) is 0 Å². The summed E-state index contributed by atoms with van der Waals surface area (Å²) < 4.78 is 65.0. The van der Waals surface area contributed by atoms with Gasteiger partial charge in [-0.15, -0.1) is 5.10 Å². The molecule has 0 amide bonds. The zero-order valence-corrected chi connectivity index (χ0v) is 16.7. The zero-order valence-electron chi connectivity index (χ0n) is 15.9. The quantitative estimate of drug-likeness (QED) is 0.603. The number of sulfone groups is 1. The summed E-state index contributed by atoms with van der Waals surface area (Å²) in [5, 5.41) is 16.0. The van der Waals surface area contributed by atoms with Crippen LogP contribution in [0.15, 0.2) is 35.5 Å². The van der Waals surface area contributed by atoms with E-state index in [0.717, 1.165) is 16.6 Å². The Morgan fingerprint density at radius 3 is 2.60 bits per heavy atom. The second kappa shape index (κ2) is 7.59. The van der Waals surface area contributed by atoms with Gasteiger partial charge in [0.25, 0.3) is 0 Å². The molecule has 0 bridgehead atoms. The first-order chi connectivity index (χ1) is 13.9. The van der Waals surface area contributed by atoms with Crippen LogP contribution in [0, 0.1) is 6.92 Å². The third kappa shape index (κ3) is 4.08. The minimum Gasteiger partial charge on any atom is -0.478 e. The van der Waals surface area contributed by atoms with E-state index in [0.29, 0.717) is 11.8 Å². The highest BCUT2D eigenvalue weighted by Gasteiger charge is 2.32. The molecule has 0 atom stereocenters. The van der Waals surface area contributed by atoms with Crippen LogP contribution in [0.4, 0.5) is 19.0 Å². The summed E-state index contributed by atoms with van der Waals surface area (Å²) in [5.41, 5.74) is -0.343. The van der Waals surface area contributed by atoms with Crippen LogP contribution >= 0.6 is 0 Å². The lowest BCUT2D eigenvalue weighted by Gasteiger charge is -2.09. The van der Waals surface area contributed by atoms with Crippen LogP contribution in [0.1, 0.15) is 34.1 Å². The van der Waals surface area contributed by atoms with Gasteiger partial charge in [0.15, 0.2) is 15.7 Å². The fourth-order valence-electron chi connectivity index (χ4n) is 2.85. The van der Waals surface area contributed by atoms with E-state index >= 15 is 0 Å². The highest BCUT2D eigenvalue weighted by molar-refractivity contribution is 7.91. The predicted octanol–water partition coefficient (Wildman–Crippen LogP) is 3.16. The zero-order chi connectivity index (χ0) is 22.3. The number of alkyl halides is 3. The van der Waals surface area contributed by atoms with Crippen molar-refractivity contribution in [3.63, 3.8) is 0 Å². The molecule has 0 spiro atoms. The summed E-state index contributed by atoms with van der Waals surface area (Å²) in [4.78, 5) is 15.2. The molecule has 0 fully saturated rings. The first kappa shape index (κ1) is 21.6. The second-order valence-corrected chi connectivity index (χ2v) is 8.71. The van der Waals surface area contributed by atoms with E-state index in [9.17, 15) is 31.5 Å². The third-order valence-electron chi connectivity index (χ3n) is 4.36. The smallest absolute Gasteiger partial charge is 0.417 e. The molecule has 160 valence electrons. The van der Waals surface area contributed by atoms with E-state index in [1.54, 1.807) is 6.92 Å². The van der Waals surface area contributed by atoms with Gasteiger partial charge >= 0.3 is 12.1 Å². The van der Waals surface area contributed by atoms with Crippen molar-refractivity contribution in [3.05, 3.63) is 53.0 Å². The second-order valence-electron chi connectivity index (χ2n) is 6.49. The van der Waals surface area contributed by atoms with E-state index < -0.39 is 27.5 Å². The van der Waals surface area contributed by atoms with Crippen molar-refractivity contribution in [1.29, 1.82) is 0 Å². The number of aromatic carboxylic acids is 1.